The topological polar surface area (TPSA) is 94.1 Å². The molecule has 2 aromatic heterocycles. The zero-order valence-electron chi connectivity index (χ0n) is 12.2. The number of hydrogen-bond acceptors (Lipinski definition) is 6. The molecule has 1 saturated carbocycles. The van der Waals surface area contributed by atoms with Crippen molar-refractivity contribution >= 4 is 11.9 Å². The lowest BCUT2D eigenvalue weighted by atomic mass is 9.78. The van der Waals surface area contributed by atoms with Gasteiger partial charge < -0.3 is 8.94 Å². The molecule has 0 radical (unpaired) electrons. The molecule has 0 unspecified atom stereocenters. The molecule has 0 spiro atoms. The summed E-state index contributed by atoms with van der Waals surface area (Å²) >= 11 is 0. The maximum Gasteiger partial charge on any atom is 0.322 e. The molecule has 4 rings (SSSR count). The van der Waals surface area contributed by atoms with E-state index in [1.54, 1.807) is 0 Å². The van der Waals surface area contributed by atoms with Crippen molar-refractivity contribution in [3.8, 4) is 11.3 Å². The van der Waals surface area contributed by atoms with Gasteiger partial charge in [0.25, 0.3) is 5.91 Å². The smallest absolute Gasteiger partial charge is 0.322 e. The largest absolute Gasteiger partial charge is 0.411 e. The van der Waals surface area contributed by atoms with E-state index in [1.165, 1.54) is 0 Å². The Labute approximate surface area is 131 Å². The van der Waals surface area contributed by atoms with Gasteiger partial charge in [-0.25, -0.2) is 0 Å². The Morgan fingerprint density at radius 3 is 2.70 bits per heavy atom. The van der Waals surface area contributed by atoms with Gasteiger partial charge in [0.1, 0.15) is 0 Å². The van der Waals surface area contributed by atoms with Crippen LogP contribution in [-0.2, 0) is 0 Å². The number of anilines is 1. The quantitative estimate of drug-likeness (QED) is 0.795. The second-order valence-corrected chi connectivity index (χ2v) is 5.47. The summed E-state index contributed by atoms with van der Waals surface area (Å²) in [5.41, 5.74) is 2.06. The van der Waals surface area contributed by atoms with E-state index in [1.807, 2.05) is 30.3 Å². The number of nitrogens with one attached hydrogen (secondary N) is 1. The van der Waals surface area contributed by atoms with Crippen LogP contribution in [0.4, 0.5) is 6.01 Å². The van der Waals surface area contributed by atoms with Crippen molar-refractivity contribution in [2.75, 3.05) is 5.32 Å². The van der Waals surface area contributed by atoms with Gasteiger partial charge in [0.15, 0.2) is 11.5 Å². The molecule has 1 aromatic carbocycles. The first kappa shape index (κ1) is 13.7. The standard InChI is InChI=1S/C16H14N4O3/c21-15(18-16-19-17-9-22-16)13-12(10-7-4-8-10)14(23-20-13)11-5-2-1-3-6-11/h1-3,5-6,9-10H,4,7-8H2,(H,18,19,21). The van der Waals surface area contributed by atoms with E-state index in [2.05, 4.69) is 20.7 Å². The summed E-state index contributed by atoms with van der Waals surface area (Å²) in [4.78, 5) is 12.5. The first-order chi connectivity index (χ1) is 11.3. The van der Waals surface area contributed by atoms with Crippen LogP contribution >= 0.6 is 0 Å². The second kappa shape index (κ2) is 5.68. The van der Waals surface area contributed by atoms with E-state index < -0.39 is 5.91 Å². The van der Waals surface area contributed by atoms with Crippen LogP contribution in [0.3, 0.4) is 0 Å². The van der Waals surface area contributed by atoms with Crippen LogP contribution in [0.25, 0.3) is 11.3 Å². The van der Waals surface area contributed by atoms with Gasteiger partial charge in [0.05, 0.1) is 0 Å². The summed E-state index contributed by atoms with van der Waals surface area (Å²) in [7, 11) is 0. The molecular weight excluding hydrogens is 296 g/mol. The third kappa shape index (κ3) is 2.50. The van der Waals surface area contributed by atoms with Gasteiger partial charge in [-0.05, 0) is 18.8 Å². The first-order valence-electron chi connectivity index (χ1n) is 7.45. The van der Waals surface area contributed by atoms with Gasteiger partial charge in [-0.3, -0.25) is 10.1 Å². The van der Waals surface area contributed by atoms with Crippen molar-refractivity contribution < 1.29 is 13.7 Å². The van der Waals surface area contributed by atoms with Crippen molar-refractivity contribution in [3.05, 3.63) is 48.0 Å². The molecule has 0 atom stereocenters. The predicted molar refractivity (Wildman–Crippen MR) is 80.8 cm³/mol. The van der Waals surface area contributed by atoms with E-state index in [0.717, 1.165) is 36.8 Å². The highest BCUT2D eigenvalue weighted by atomic mass is 16.5. The monoisotopic (exact) mass is 310 g/mol. The van der Waals surface area contributed by atoms with E-state index in [9.17, 15) is 4.79 Å². The first-order valence-corrected chi connectivity index (χ1v) is 7.45. The molecule has 1 amide bonds. The third-order valence-electron chi connectivity index (χ3n) is 4.07. The van der Waals surface area contributed by atoms with Crippen LogP contribution in [0.1, 0.15) is 41.2 Å². The van der Waals surface area contributed by atoms with Crippen LogP contribution in [0.5, 0.6) is 0 Å². The lowest BCUT2D eigenvalue weighted by molar-refractivity contribution is 0.101. The Bertz CT molecular complexity index is 807. The highest BCUT2D eigenvalue weighted by Crippen LogP contribution is 2.43. The van der Waals surface area contributed by atoms with E-state index in [0.29, 0.717) is 11.7 Å². The fourth-order valence-corrected chi connectivity index (χ4v) is 2.72. The highest BCUT2D eigenvalue weighted by Gasteiger charge is 2.32. The van der Waals surface area contributed by atoms with Crippen molar-refractivity contribution in [1.82, 2.24) is 15.4 Å². The molecule has 1 fully saturated rings. The van der Waals surface area contributed by atoms with Crippen LogP contribution in [0, 0.1) is 0 Å². The fourth-order valence-electron chi connectivity index (χ4n) is 2.72. The number of nitrogens with zero attached hydrogens (tertiary/aromatic N) is 3. The van der Waals surface area contributed by atoms with Gasteiger partial charge >= 0.3 is 6.01 Å². The van der Waals surface area contributed by atoms with Crippen LogP contribution in [-0.4, -0.2) is 21.3 Å². The number of carbonyl (C=O) groups excluding carboxylic acids is 1. The van der Waals surface area contributed by atoms with Gasteiger partial charge in [-0.15, -0.1) is 5.10 Å². The van der Waals surface area contributed by atoms with Gasteiger partial charge in [-0.1, -0.05) is 47.0 Å². The summed E-state index contributed by atoms with van der Waals surface area (Å²) in [5.74, 6) is 0.549. The summed E-state index contributed by atoms with van der Waals surface area (Å²) in [5, 5.41) is 13.7. The lowest BCUT2D eigenvalue weighted by Gasteiger charge is -2.25. The molecule has 3 aromatic rings. The highest BCUT2D eigenvalue weighted by molar-refractivity contribution is 6.03. The zero-order valence-corrected chi connectivity index (χ0v) is 12.2. The fraction of sp³-hybridized carbons (Fsp3) is 0.250. The minimum Gasteiger partial charge on any atom is -0.411 e. The van der Waals surface area contributed by atoms with Crippen molar-refractivity contribution in [2.45, 2.75) is 25.2 Å². The molecule has 1 aliphatic carbocycles. The summed E-state index contributed by atoms with van der Waals surface area (Å²) in [6, 6.07) is 9.73. The van der Waals surface area contributed by atoms with Crippen LogP contribution < -0.4 is 5.32 Å². The second-order valence-electron chi connectivity index (χ2n) is 5.47. The maximum absolute atomic E-state index is 12.5. The Morgan fingerprint density at radius 1 is 1.22 bits per heavy atom. The Balaban J connectivity index is 1.72. The van der Waals surface area contributed by atoms with Crippen LogP contribution in [0.15, 0.2) is 45.7 Å². The molecule has 1 N–H and O–H groups in total. The number of carbonyl (C=O) groups is 1. The number of hydrogen-bond donors (Lipinski definition) is 1. The molecular formula is C16H14N4O3. The van der Waals surface area contributed by atoms with E-state index >= 15 is 0 Å². The molecule has 7 heteroatoms. The predicted octanol–water partition coefficient (Wildman–Crippen LogP) is 3.24. The average molecular weight is 310 g/mol. The lowest BCUT2D eigenvalue weighted by Crippen LogP contribution is -2.18. The van der Waals surface area contributed by atoms with E-state index in [4.69, 9.17) is 8.94 Å². The number of amides is 1. The third-order valence-corrected chi connectivity index (χ3v) is 4.07. The molecule has 0 saturated heterocycles. The number of benzene rings is 1. The minimum atomic E-state index is -0.401. The van der Waals surface area contributed by atoms with Gasteiger partial charge in [-0.2, -0.15) is 0 Å². The van der Waals surface area contributed by atoms with Crippen molar-refractivity contribution in [3.63, 3.8) is 0 Å². The number of aromatic nitrogens is 3. The summed E-state index contributed by atoms with van der Waals surface area (Å²) in [6.45, 7) is 0. The molecule has 23 heavy (non-hydrogen) atoms. The van der Waals surface area contributed by atoms with Crippen LogP contribution in [0.2, 0.25) is 0 Å². The minimum absolute atomic E-state index is 0.0406. The SMILES string of the molecule is O=C(Nc1nnco1)c1noc(-c2ccccc2)c1C1CCC1. The molecule has 7 nitrogen and oxygen atoms in total. The molecule has 0 aliphatic heterocycles. The van der Waals surface area contributed by atoms with E-state index in [-0.39, 0.29) is 11.7 Å². The van der Waals surface area contributed by atoms with Gasteiger partial charge in [0.2, 0.25) is 6.39 Å². The normalized spacial score (nSPS) is 14.4. The zero-order chi connectivity index (χ0) is 15.6. The summed E-state index contributed by atoms with van der Waals surface area (Å²) < 4.78 is 10.4. The molecule has 1 aliphatic rings. The molecule has 2 heterocycles. The van der Waals surface area contributed by atoms with Crippen molar-refractivity contribution in [1.29, 1.82) is 0 Å². The Kier molecular flexibility index (Phi) is 3.38. The van der Waals surface area contributed by atoms with Gasteiger partial charge in [0, 0.05) is 11.1 Å². The van der Waals surface area contributed by atoms with Crippen molar-refractivity contribution in [2.24, 2.45) is 0 Å². The Morgan fingerprint density at radius 2 is 2.04 bits per heavy atom. The number of rotatable bonds is 4. The maximum atomic E-state index is 12.5. The summed E-state index contributed by atoms with van der Waals surface area (Å²) in [6.07, 6.45) is 4.36. The average Bonchev–Trinajstić information content (AvgIpc) is 3.16. The Hall–Kier alpha value is -2.96. The molecule has 116 valence electrons. The molecule has 0 bridgehead atoms.